The molecule has 0 aliphatic carbocycles. The summed E-state index contributed by atoms with van der Waals surface area (Å²) in [5.74, 6) is 0.925. The summed E-state index contributed by atoms with van der Waals surface area (Å²) in [7, 11) is 0. The third-order valence-corrected chi connectivity index (χ3v) is 3.47. The van der Waals surface area contributed by atoms with Crippen LogP contribution in [0.25, 0.3) is 5.69 Å². The van der Waals surface area contributed by atoms with Gasteiger partial charge < -0.3 is 4.74 Å². The number of amides is 1. The summed E-state index contributed by atoms with van der Waals surface area (Å²) in [4.78, 5) is 16.3. The molecule has 0 radical (unpaired) electrons. The van der Waals surface area contributed by atoms with Crippen LogP contribution in [0.3, 0.4) is 0 Å². The van der Waals surface area contributed by atoms with Crippen LogP contribution in [0.15, 0.2) is 48.7 Å². The molecular formula is C17H18N6O2. The number of nitrogens with zero attached hydrogens (tertiary/aromatic N) is 4. The monoisotopic (exact) mass is 338 g/mol. The molecule has 2 aromatic heterocycles. The second-order valence-corrected chi connectivity index (χ2v) is 5.16. The van der Waals surface area contributed by atoms with Crippen molar-refractivity contribution in [3.05, 3.63) is 60.0 Å². The molecule has 0 unspecified atom stereocenters. The number of anilines is 1. The molecule has 1 amide bonds. The van der Waals surface area contributed by atoms with Crippen LogP contribution in [0.4, 0.5) is 5.82 Å². The van der Waals surface area contributed by atoms with Crippen molar-refractivity contribution in [2.45, 2.75) is 13.8 Å². The molecule has 0 aliphatic heterocycles. The van der Waals surface area contributed by atoms with Gasteiger partial charge >= 0.3 is 0 Å². The summed E-state index contributed by atoms with van der Waals surface area (Å²) in [5.41, 5.74) is 6.96. The van der Waals surface area contributed by atoms with Crippen molar-refractivity contribution in [3.8, 4) is 11.4 Å². The van der Waals surface area contributed by atoms with E-state index in [0.717, 1.165) is 11.4 Å². The van der Waals surface area contributed by atoms with E-state index < -0.39 is 0 Å². The van der Waals surface area contributed by atoms with Crippen molar-refractivity contribution < 1.29 is 9.53 Å². The lowest BCUT2D eigenvalue weighted by atomic mass is 10.2. The maximum atomic E-state index is 12.3. The Labute approximate surface area is 144 Å². The Balaban J connectivity index is 1.72. The van der Waals surface area contributed by atoms with Gasteiger partial charge in [0.25, 0.3) is 5.91 Å². The van der Waals surface area contributed by atoms with E-state index in [1.54, 1.807) is 29.9 Å². The first-order chi connectivity index (χ1) is 12.2. The van der Waals surface area contributed by atoms with Crippen LogP contribution in [0.5, 0.6) is 5.75 Å². The highest BCUT2D eigenvalue weighted by Crippen LogP contribution is 2.17. The van der Waals surface area contributed by atoms with E-state index in [-0.39, 0.29) is 11.6 Å². The Morgan fingerprint density at radius 2 is 2.00 bits per heavy atom. The zero-order valence-corrected chi connectivity index (χ0v) is 13.9. The van der Waals surface area contributed by atoms with Crippen LogP contribution in [0, 0.1) is 6.92 Å². The van der Waals surface area contributed by atoms with Crippen molar-refractivity contribution in [2.75, 3.05) is 12.0 Å². The molecule has 2 N–H and O–H groups in total. The molecule has 2 heterocycles. The van der Waals surface area contributed by atoms with Gasteiger partial charge in [-0.15, -0.1) is 5.10 Å². The van der Waals surface area contributed by atoms with Crippen molar-refractivity contribution in [1.29, 1.82) is 0 Å². The molecule has 1 aromatic carbocycles. The molecular weight excluding hydrogens is 320 g/mol. The first-order valence-corrected chi connectivity index (χ1v) is 7.82. The lowest BCUT2D eigenvalue weighted by Gasteiger charge is -2.07. The molecule has 0 aliphatic rings. The Morgan fingerprint density at radius 3 is 2.68 bits per heavy atom. The van der Waals surface area contributed by atoms with E-state index in [2.05, 4.69) is 26.1 Å². The van der Waals surface area contributed by atoms with Crippen molar-refractivity contribution in [2.24, 2.45) is 0 Å². The Morgan fingerprint density at radius 1 is 1.20 bits per heavy atom. The number of benzene rings is 1. The van der Waals surface area contributed by atoms with E-state index in [0.29, 0.717) is 18.1 Å². The van der Waals surface area contributed by atoms with Crippen LogP contribution in [-0.2, 0) is 0 Å². The topological polar surface area (TPSA) is 94.0 Å². The molecule has 8 nitrogen and oxygen atoms in total. The lowest BCUT2D eigenvalue weighted by Crippen LogP contribution is -2.30. The largest absolute Gasteiger partial charge is 0.494 e. The third-order valence-electron chi connectivity index (χ3n) is 3.47. The number of hydrazine groups is 1. The summed E-state index contributed by atoms with van der Waals surface area (Å²) in [6, 6.07) is 12.8. The van der Waals surface area contributed by atoms with Crippen LogP contribution < -0.4 is 15.6 Å². The molecule has 0 fully saturated rings. The highest BCUT2D eigenvalue weighted by molar-refractivity contribution is 5.93. The minimum atomic E-state index is -0.389. The fourth-order valence-electron chi connectivity index (χ4n) is 2.25. The number of hydrogen-bond acceptors (Lipinski definition) is 6. The van der Waals surface area contributed by atoms with Crippen molar-refractivity contribution >= 4 is 11.7 Å². The second-order valence-electron chi connectivity index (χ2n) is 5.16. The first kappa shape index (κ1) is 16.4. The van der Waals surface area contributed by atoms with Crippen molar-refractivity contribution in [3.63, 3.8) is 0 Å². The summed E-state index contributed by atoms with van der Waals surface area (Å²) in [6.45, 7) is 4.32. The van der Waals surface area contributed by atoms with Gasteiger partial charge in [-0.2, -0.15) is 0 Å². The van der Waals surface area contributed by atoms with Gasteiger partial charge in [-0.1, -0.05) is 11.3 Å². The lowest BCUT2D eigenvalue weighted by molar-refractivity contribution is 0.0957. The van der Waals surface area contributed by atoms with Gasteiger partial charge in [0.05, 0.1) is 18.0 Å². The van der Waals surface area contributed by atoms with Gasteiger partial charge in [-0.25, -0.2) is 9.67 Å². The maximum absolute atomic E-state index is 12.3. The first-order valence-electron chi connectivity index (χ1n) is 7.82. The van der Waals surface area contributed by atoms with Gasteiger partial charge in [0, 0.05) is 6.20 Å². The van der Waals surface area contributed by atoms with E-state index in [9.17, 15) is 4.79 Å². The second kappa shape index (κ2) is 7.43. The molecule has 3 aromatic rings. The minimum Gasteiger partial charge on any atom is -0.494 e. The van der Waals surface area contributed by atoms with Crippen LogP contribution in [-0.4, -0.2) is 32.5 Å². The number of nitrogens with one attached hydrogen (secondary N) is 2. The maximum Gasteiger partial charge on any atom is 0.292 e. The fourth-order valence-corrected chi connectivity index (χ4v) is 2.25. The highest BCUT2D eigenvalue weighted by Gasteiger charge is 2.17. The van der Waals surface area contributed by atoms with E-state index in [4.69, 9.17) is 4.74 Å². The molecule has 0 bridgehead atoms. The van der Waals surface area contributed by atoms with Crippen molar-refractivity contribution in [1.82, 2.24) is 25.4 Å². The van der Waals surface area contributed by atoms with E-state index >= 15 is 0 Å². The van der Waals surface area contributed by atoms with Gasteiger partial charge in [0.2, 0.25) is 0 Å². The smallest absolute Gasteiger partial charge is 0.292 e. The summed E-state index contributed by atoms with van der Waals surface area (Å²) < 4.78 is 7.02. The number of hydrogen-bond donors (Lipinski definition) is 2. The number of ether oxygens (including phenoxy) is 1. The highest BCUT2D eigenvalue weighted by atomic mass is 16.5. The Hall–Kier alpha value is -3.42. The molecule has 0 saturated carbocycles. The zero-order chi connectivity index (χ0) is 17.6. The molecule has 0 saturated heterocycles. The molecule has 8 heteroatoms. The van der Waals surface area contributed by atoms with Crippen LogP contribution in [0.2, 0.25) is 0 Å². The molecule has 0 spiro atoms. The van der Waals surface area contributed by atoms with Crippen LogP contribution >= 0.6 is 0 Å². The van der Waals surface area contributed by atoms with Gasteiger partial charge in [0.1, 0.15) is 11.6 Å². The molecule has 3 rings (SSSR count). The van der Waals surface area contributed by atoms with Gasteiger partial charge in [-0.3, -0.25) is 15.6 Å². The number of pyridine rings is 1. The number of aromatic nitrogens is 4. The Bertz CT molecular complexity index is 845. The quantitative estimate of drug-likeness (QED) is 0.669. The molecule has 25 heavy (non-hydrogen) atoms. The third kappa shape index (κ3) is 3.74. The molecule has 128 valence electrons. The summed E-state index contributed by atoms with van der Waals surface area (Å²) in [6.07, 6.45) is 1.63. The van der Waals surface area contributed by atoms with E-state index in [1.165, 1.54) is 0 Å². The molecule has 0 atom stereocenters. The summed E-state index contributed by atoms with van der Waals surface area (Å²) in [5, 5.41) is 8.03. The summed E-state index contributed by atoms with van der Waals surface area (Å²) >= 11 is 0. The average molecular weight is 338 g/mol. The predicted octanol–water partition coefficient (Wildman–Crippen LogP) is 2.13. The number of carbonyl (C=O) groups excluding carboxylic acids is 1. The standard InChI is InChI=1S/C17H18N6O2/c1-3-25-14-9-7-13(8-10-14)23-12(2)16(20-22-23)17(24)21-19-15-6-4-5-11-18-15/h4-11H,3H2,1-2H3,(H,18,19)(H,21,24). The zero-order valence-electron chi connectivity index (χ0n) is 13.9. The van der Waals surface area contributed by atoms with Crippen LogP contribution in [0.1, 0.15) is 23.1 Å². The normalized spacial score (nSPS) is 10.3. The number of carbonyl (C=O) groups is 1. The minimum absolute atomic E-state index is 0.234. The predicted molar refractivity (Wildman–Crippen MR) is 92.6 cm³/mol. The average Bonchev–Trinajstić information content (AvgIpc) is 3.03. The SMILES string of the molecule is CCOc1ccc(-n2nnc(C(=O)NNc3ccccn3)c2C)cc1. The van der Waals surface area contributed by atoms with Gasteiger partial charge in [-0.05, 0) is 50.2 Å². The van der Waals surface area contributed by atoms with Gasteiger partial charge in [0.15, 0.2) is 5.69 Å². The number of rotatable bonds is 6. The Kier molecular flexibility index (Phi) is 4.89. The van der Waals surface area contributed by atoms with E-state index in [1.807, 2.05) is 37.3 Å². The fraction of sp³-hybridized carbons (Fsp3) is 0.176.